The van der Waals surface area contributed by atoms with Gasteiger partial charge in [0.15, 0.2) is 0 Å². The highest BCUT2D eigenvalue weighted by molar-refractivity contribution is 5.27. The number of β-amino-alcohol motifs (C(OH)–C–C–N with tert-alkyl or cyclic N) is 1. The number of benzene rings is 1. The highest BCUT2D eigenvalue weighted by atomic mass is 16.5. The summed E-state index contributed by atoms with van der Waals surface area (Å²) < 4.78 is 5.59. The van der Waals surface area contributed by atoms with Crippen molar-refractivity contribution >= 4 is 0 Å². The smallest absolute Gasteiger partial charge is 0.119 e. The second-order valence-electron chi connectivity index (χ2n) is 5.47. The maximum atomic E-state index is 9.97. The average molecular weight is 264 g/mol. The first-order chi connectivity index (χ1) is 9.17. The van der Waals surface area contributed by atoms with Crippen LogP contribution in [0.4, 0.5) is 0 Å². The minimum absolute atomic E-state index is 0.340. The van der Waals surface area contributed by atoms with Crippen LogP contribution >= 0.6 is 0 Å². The molecule has 1 aromatic carbocycles. The van der Waals surface area contributed by atoms with Gasteiger partial charge in [0.25, 0.3) is 0 Å². The van der Waals surface area contributed by atoms with Crippen molar-refractivity contribution in [1.29, 1.82) is 0 Å². The van der Waals surface area contributed by atoms with E-state index >= 15 is 0 Å². The molecule has 1 heterocycles. The molecule has 0 radical (unpaired) electrons. The number of hydrogen-bond acceptors (Lipinski definition) is 4. The predicted molar refractivity (Wildman–Crippen MR) is 76.1 cm³/mol. The lowest BCUT2D eigenvalue weighted by Gasteiger charge is -2.20. The van der Waals surface area contributed by atoms with E-state index in [0.717, 1.165) is 30.3 Å². The van der Waals surface area contributed by atoms with Gasteiger partial charge in [0.2, 0.25) is 0 Å². The second-order valence-corrected chi connectivity index (χ2v) is 5.47. The summed E-state index contributed by atoms with van der Waals surface area (Å²) in [5.41, 5.74) is 6.62. The van der Waals surface area contributed by atoms with Gasteiger partial charge in [-0.25, -0.2) is 0 Å². The first-order valence-electron chi connectivity index (χ1n) is 6.99. The van der Waals surface area contributed by atoms with Gasteiger partial charge in [-0.1, -0.05) is 19.1 Å². The zero-order valence-electron chi connectivity index (χ0n) is 11.6. The summed E-state index contributed by atoms with van der Waals surface area (Å²) in [4.78, 5) is 2.30. The molecule has 2 atom stereocenters. The monoisotopic (exact) mass is 264 g/mol. The van der Waals surface area contributed by atoms with Crippen LogP contribution in [0.1, 0.15) is 18.9 Å². The number of likely N-dealkylation sites (tertiary alicyclic amines) is 1. The lowest BCUT2D eigenvalue weighted by atomic mass is 10.2. The lowest BCUT2D eigenvalue weighted by Crippen LogP contribution is -2.34. The van der Waals surface area contributed by atoms with E-state index in [-0.39, 0.29) is 0 Å². The molecule has 19 heavy (non-hydrogen) atoms. The van der Waals surface area contributed by atoms with Crippen molar-refractivity contribution in [3.63, 3.8) is 0 Å². The van der Waals surface area contributed by atoms with Crippen molar-refractivity contribution in [3.05, 3.63) is 29.8 Å². The molecule has 0 spiro atoms. The Kier molecular flexibility index (Phi) is 5.19. The highest BCUT2D eigenvalue weighted by Crippen LogP contribution is 2.16. The maximum Gasteiger partial charge on any atom is 0.119 e. The molecule has 0 aromatic heterocycles. The van der Waals surface area contributed by atoms with Crippen LogP contribution in [0.15, 0.2) is 24.3 Å². The van der Waals surface area contributed by atoms with Gasteiger partial charge < -0.3 is 20.5 Å². The molecule has 1 aliphatic rings. The first-order valence-corrected chi connectivity index (χ1v) is 6.99. The fourth-order valence-corrected chi connectivity index (χ4v) is 2.46. The Bertz CT molecular complexity index is 380. The molecule has 0 amide bonds. The third kappa shape index (κ3) is 4.49. The zero-order chi connectivity index (χ0) is 13.7. The van der Waals surface area contributed by atoms with Gasteiger partial charge in [-0.2, -0.15) is 0 Å². The second kappa shape index (κ2) is 6.89. The van der Waals surface area contributed by atoms with Gasteiger partial charge in [0, 0.05) is 19.6 Å². The molecule has 0 saturated carbocycles. The number of aliphatic hydroxyl groups excluding tert-OH is 1. The first kappa shape index (κ1) is 14.3. The van der Waals surface area contributed by atoms with Crippen molar-refractivity contribution < 1.29 is 9.84 Å². The minimum atomic E-state index is -0.431. The highest BCUT2D eigenvalue weighted by Gasteiger charge is 2.20. The van der Waals surface area contributed by atoms with Gasteiger partial charge >= 0.3 is 0 Å². The van der Waals surface area contributed by atoms with Crippen LogP contribution < -0.4 is 10.5 Å². The topological polar surface area (TPSA) is 58.7 Å². The Morgan fingerprint density at radius 2 is 2.16 bits per heavy atom. The molecule has 1 saturated heterocycles. The standard InChI is InChI=1S/C15H24N2O2/c1-12-6-7-17(9-12)10-14(18)11-19-15-4-2-13(8-16)3-5-15/h2-5,12,14,18H,6-11,16H2,1H3. The molecular weight excluding hydrogens is 240 g/mol. The molecule has 4 heteroatoms. The largest absolute Gasteiger partial charge is 0.491 e. The van der Waals surface area contributed by atoms with Gasteiger partial charge in [-0.05, 0) is 36.6 Å². The Morgan fingerprint density at radius 3 is 2.74 bits per heavy atom. The van der Waals surface area contributed by atoms with E-state index in [4.69, 9.17) is 10.5 Å². The van der Waals surface area contributed by atoms with Crippen LogP contribution in [0.5, 0.6) is 5.75 Å². The third-order valence-corrected chi connectivity index (χ3v) is 3.58. The predicted octanol–water partition coefficient (Wildman–Crippen LogP) is 1.23. The van der Waals surface area contributed by atoms with Crippen LogP contribution in [-0.2, 0) is 6.54 Å². The molecule has 106 valence electrons. The lowest BCUT2D eigenvalue weighted by molar-refractivity contribution is 0.0749. The van der Waals surface area contributed by atoms with Crippen LogP contribution in [0.2, 0.25) is 0 Å². The average Bonchev–Trinajstić information content (AvgIpc) is 2.82. The number of ether oxygens (including phenoxy) is 1. The van der Waals surface area contributed by atoms with Crippen molar-refractivity contribution in [2.45, 2.75) is 26.0 Å². The van der Waals surface area contributed by atoms with E-state index in [1.807, 2.05) is 24.3 Å². The fraction of sp³-hybridized carbons (Fsp3) is 0.600. The van der Waals surface area contributed by atoms with Crippen molar-refractivity contribution in [3.8, 4) is 5.75 Å². The van der Waals surface area contributed by atoms with Crippen LogP contribution in [0.3, 0.4) is 0 Å². The number of nitrogens with zero attached hydrogens (tertiary/aromatic N) is 1. The van der Waals surface area contributed by atoms with Crippen molar-refractivity contribution in [2.24, 2.45) is 11.7 Å². The molecular formula is C15H24N2O2. The van der Waals surface area contributed by atoms with Crippen LogP contribution in [0, 0.1) is 5.92 Å². The van der Waals surface area contributed by atoms with E-state index in [2.05, 4.69) is 11.8 Å². The molecule has 1 fully saturated rings. The van der Waals surface area contributed by atoms with E-state index in [1.165, 1.54) is 6.42 Å². The van der Waals surface area contributed by atoms with Gasteiger partial charge in [0.05, 0.1) is 0 Å². The molecule has 1 aromatic rings. The van der Waals surface area contributed by atoms with E-state index in [9.17, 15) is 5.11 Å². The van der Waals surface area contributed by atoms with Crippen molar-refractivity contribution in [1.82, 2.24) is 4.90 Å². The number of aliphatic hydroxyl groups is 1. The SMILES string of the molecule is CC1CCN(CC(O)COc2ccc(CN)cc2)C1. The summed E-state index contributed by atoms with van der Waals surface area (Å²) in [6.45, 7) is 6.00. The Hall–Kier alpha value is -1.10. The maximum absolute atomic E-state index is 9.97. The summed E-state index contributed by atoms with van der Waals surface area (Å²) in [6.07, 6.45) is 0.799. The van der Waals surface area contributed by atoms with Crippen LogP contribution in [0.25, 0.3) is 0 Å². The van der Waals surface area contributed by atoms with Crippen LogP contribution in [-0.4, -0.2) is 42.4 Å². The molecule has 2 rings (SSSR count). The fourth-order valence-electron chi connectivity index (χ4n) is 2.46. The van der Waals surface area contributed by atoms with Gasteiger partial charge in [0.1, 0.15) is 18.5 Å². The zero-order valence-corrected chi connectivity index (χ0v) is 11.6. The third-order valence-electron chi connectivity index (χ3n) is 3.58. The van der Waals surface area contributed by atoms with Gasteiger partial charge in [-0.15, -0.1) is 0 Å². The minimum Gasteiger partial charge on any atom is -0.491 e. The Morgan fingerprint density at radius 1 is 1.42 bits per heavy atom. The summed E-state index contributed by atoms with van der Waals surface area (Å²) in [7, 11) is 0. The summed E-state index contributed by atoms with van der Waals surface area (Å²) in [5, 5.41) is 9.97. The van der Waals surface area contributed by atoms with E-state index in [1.54, 1.807) is 0 Å². The summed E-state index contributed by atoms with van der Waals surface area (Å²) >= 11 is 0. The normalized spacial score (nSPS) is 21.5. The quantitative estimate of drug-likeness (QED) is 0.811. The molecule has 1 aliphatic heterocycles. The van der Waals surface area contributed by atoms with E-state index in [0.29, 0.717) is 19.7 Å². The molecule has 3 N–H and O–H groups in total. The Balaban J connectivity index is 1.71. The summed E-state index contributed by atoms with van der Waals surface area (Å²) in [5.74, 6) is 1.53. The van der Waals surface area contributed by atoms with E-state index < -0.39 is 6.10 Å². The van der Waals surface area contributed by atoms with Gasteiger partial charge in [-0.3, -0.25) is 0 Å². The number of rotatable bonds is 6. The molecule has 2 unspecified atom stereocenters. The number of hydrogen-bond donors (Lipinski definition) is 2. The number of nitrogens with two attached hydrogens (primary N) is 1. The molecule has 0 aliphatic carbocycles. The Labute approximate surface area is 115 Å². The molecule has 0 bridgehead atoms. The molecule has 4 nitrogen and oxygen atoms in total. The van der Waals surface area contributed by atoms with Crippen molar-refractivity contribution in [2.75, 3.05) is 26.2 Å². The summed E-state index contributed by atoms with van der Waals surface area (Å²) in [6, 6.07) is 7.69.